The highest BCUT2D eigenvalue weighted by molar-refractivity contribution is 6.68. The van der Waals surface area contributed by atoms with Crippen molar-refractivity contribution in [1.82, 2.24) is 0 Å². The first-order valence-corrected chi connectivity index (χ1v) is 6.51. The van der Waals surface area contributed by atoms with Crippen LogP contribution < -0.4 is 9.47 Å². The lowest BCUT2D eigenvalue weighted by atomic mass is 9.97. The van der Waals surface area contributed by atoms with Gasteiger partial charge < -0.3 is 14.2 Å². The Morgan fingerprint density at radius 1 is 1.21 bits per heavy atom. The number of halogens is 3. The molecule has 104 valence electrons. The van der Waals surface area contributed by atoms with E-state index in [1.54, 1.807) is 12.1 Å². The summed E-state index contributed by atoms with van der Waals surface area (Å²) in [6.45, 7) is 0. The summed E-state index contributed by atoms with van der Waals surface area (Å²) in [4.78, 5) is 11.6. The van der Waals surface area contributed by atoms with Crippen molar-refractivity contribution in [3.63, 3.8) is 0 Å². The predicted molar refractivity (Wildman–Crippen MR) is 72.4 cm³/mol. The molecule has 0 amide bonds. The molecule has 0 saturated carbocycles. The van der Waals surface area contributed by atoms with Crippen molar-refractivity contribution < 1.29 is 19.0 Å². The maximum atomic E-state index is 11.6. The molecule has 1 atom stereocenters. The second-order valence-corrected chi connectivity index (χ2v) is 6.36. The number of fused-ring (bicyclic) bond motifs is 1. The van der Waals surface area contributed by atoms with Gasteiger partial charge in [-0.25, -0.2) is 0 Å². The molecule has 0 spiro atoms. The molecule has 7 heteroatoms. The van der Waals surface area contributed by atoms with Gasteiger partial charge in [0, 0.05) is 5.56 Å². The van der Waals surface area contributed by atoms with Crippen LogP contribution in [-0.2, 0) is 16.0 Å². The van der Waals surface area contributed by atoms with Gasteiger partial charge in [0.1, 0.15) is 0 Å². The van der Waals surface area contributed by atoms with Crippen molar-refractivity contribution in [2.45, 2.75) is 16.3 Å². The van der Waals surface area contributed by atoms with Crippen LogP contribution in [0.5, 0.6) is 11.5 Å². The SMILES string of the molecule is COc1cc2c(cc1OC)[C@H](C(Cl)(Cl)Cl)OC(=O)C2. The van der Waals surface area contributed by atoms with Gasteiger partial charge in [-0.1, -0.05) is 34.8 Å². The predicted octanol–water partition coefficient (Wildman–Crippen LogP) is 3.21. The minimum Gasteiger partial charge on any atom is -0.493 e. The standard InChI is InChI=1S/C12H11Cl3O4/c1-17-8-3-6-4-10(16)19-11(12(13,14)15)7(6)5-9(8)18-2/h3,5,11H,4H2,1-2H3/t11-/m1/s1. The molecule has 1 aliphatic heterocycles. The number of methoxy groups -OCH3 is 2. The number of esters is 1. The van der Waals surface area contributed by atoms with Crippen LogP contribution in [0, 0.1) is 0 Å². The third kappa shape index (κ3) is 2.86. The van der Waals surface area contributed by atoms with Gasteiger partial charge in [0.25, 0.3) is 0 Å². The highest BCUT2D eigenvalue weighted by Crippen LogP contribution is 2.47. The van der Waals surface area contributed by atoms with Gasteiger partial charge in [0.05, 0.1) is 20.6 Å². The van der Waals surface area contributed by atoms with Crippen LogP contribution in [0.1, 0.15) is 17.2 Å². The lowest BCUT2D eigenvalue weighted by Crippen LogP contribution is -2.30. The van der Waals surface area contributed by atoms with Crippen LogP contribution >= 0.6 is 34.8 Å². The molecule has 0 aromatic heterocycles. The van der Waals surface area contributed by atoms with E-state index in [1.165, 1.54) is 14.2 Å². The molecule has 2 rings (SSSR count). The smallest absolute Gasteiger partial charge is 0.311 e. The van der Waals surface area contributed by atoms with E-state index in [0.29, 0.717) is 22.6 Å². The lowest BCUT2D eigenvalue weighted by molar-refractivity contribution is -0.150. The quantitative estimate of drug-likeness (QED) is 0.619. The second kappa shape index (κ2) is 5.27. The molecule has 4 nitrogen and oxygen atoms in total. The summed E-state index contributed by atoms with van der Waals surface area (Å²) in [5.74, 6) is 0.550. The van der Waals surface area contributed by atoms with Gasteiger partial charge in [-0.2, -0.15) is 0 Å². The van der Waals surface area contributed by atoms with Gasteiger partial charge in [-0.15, -0.1) is 0 Å². The fourth-order valence-corrected chi connectivity index (χ4v) is 2.46. The van der Waals surface area contributed by atoms with Crippen LogP contribution in [0.3, 0.4) is 0 Å². The van der Waals surface area contributed by atoms with Crippen molar-refractivity contribution >= 4 is 40.8 Å². The highest BCUT2D eigenvalue weighted by atomic mass is 35.6. The maximum Gasteiger partial charge on any atom is 0.311 e. The van der Waals surface area contributed by atoms with Crippen LogP contribution in [0.2, 0.25) is 0 Å². The first-order valence-electron chi connectivity index (χ1n) is 5.37. The van der Waals surface area contributed by atoms with E-state index in [9.17, 15) is 4.79 Å². The number of rotatable bonds is 2. The number of carbonyl (C=O) groups is 1. The van der Waals surface area contributed by atoms with Gasteiger partial charge >= 0.3 is 5.97 Å². The van der Waals surface area contributed by atoms with Crippen LogP contribution in [0.15, 0.2) is 12.1 Å². The average molecular weight is 326 g/mol. The second-order valence-electron chi connectivity index (χ2n) is 3.99. The number of hydrogen-bond acceptors (Lipinski definition) is 4. The van der Waals surface area contributed by atoms with Crippen molar-refractivity contribution in [1.29, 1.82) is 0 Å². The Labute approximate surface area is 125 Å². The lowest BCUT2D eigenvalue weighted by Gasteiger charge is -2.30. The zero-order valence-electron chi connectivity index (χ0n) is 10.2. The molecule has 1 aromatic rings. The number of hydrogen-bond donors (Lipinski definition) is 0. The Bertz CT molecular complexity index is 510. The molecule has 0 saturated heterocycles. The first kappa shape index (κ1) is 14.6. The number of ether oxygens (including phenoxy) is 3. The number of benzene rings is 1. The Kier molecular flexibility index (Phi) is 4.04. The monoisotopic (exact) mass is 324 g/mol. The van der Waals surface area contributed by atoms with Gasteiger partial charge in [-0.3, -0.25) is 4.79 Å². The summed E-state index contributed by atoms with van der Waals surface area (Å²) < 4.78 is 13.8. The number of carbonyl (C=O) groups excluding carboxylic acids is 1. The molecular weight excluding hydrogens is 314 g/mol. The summed E-state index contributed by atoms with van der Waals surface area (Å²) in [7, 11) is 3.02. The van der Waals surface area contributed by atoms with Gasteiger partial charge in [0.15, 0.2) is 17.6 Å². The fourth-order valence-electron chi connectivity index (χ4n) is 1.97. The third-order valence-corrected chi connectivity index (χ3v) is 3.40. The van der Waals surface area contributed by atoms with E-state index in [4.69, 9.17) is 49.0 Å². The average Bonchev–Trinajstić information content (AvgIpc) is 2.34. The van der Waals surface area contributed by atoms with E-state index in [2.05, 4.69) is 0 Å². The minimum atomic E-state index is -1.75. The molecular formula is C12H11Cl3O4. The van der Waals surface area contributed by atoms with Crippen LogP contribution in [0.4, 0.5) is 0 Å². The summed E-state index contributed by atoms with van der Waals surface area (Å²) in [6, 6.07) is 3.35. The van der Waals surface area contributed by atoms with Crippen molar-refractivity contribution in [3.05, 3.63) is 23.3 Å². The fraction of sp³-hybridized carbons (Fsp3) is 0.417. The molecule has 0 unspecified atom stereocenters. The van der Waals surface area contributed by atoms with Crippen LogP contribution in [0.25, 0.3) is 0 Å². The molecule has 1 heterocycles. The summed E-state index contributed by atoms with van der Waals surface area (Å²) in [5.41, 5.74) is 1.31. The van der Waals surface area contributed by atoms with E-state index >= 15 is 0 Å². The van der Waals surface area contributed by atoms with Crippen molar-refractivity contribution in [3.8, 4) is 11.5 Å². The van der Waals surface area contributed by atoms with E-state index in [-0.39, 0.29) is 6.42 Å². The topological polar surface area (TPSA) is 44.8 Å². The zero-order valence-corrected chi connectivity index (χ0v) is 12.5. The van der Waals surface area contributed by atoms with Gasteiger partial charge in [0.2, 0.25) is 3.79 Å². The van der Waals surface area contributed by atoms with E-state index < -0.39 is 15.9 Å². The number of alkyl halides is 3. The Morgan fingerprint density at radius 2 is 1.79 bits per heavy atom. The molecule has 19 heavy (non-hydrogen) atoms. The molecule has 0 aliphatic carbocycles. The molecule has 1 aromatic carbocycles. The Balaban J connectivity index is 2.57. The summed E-state index contributed by atoms with van der Waals surface area (Å²) >= 11 is 17.6. The molecule has 0 radical (unpaired) electrons. The summed E-state index contributed by atoms with van der Waals surface area (Å²) in [5, 5.41) is 0. The van der Waals surface area contributed by atoms with E-state index in [1.807, 2.05) is 0 Å². The van der Waals surface area contributed by atoms with Crippen molar-refractivity contribution in [2.75, 3.05) is 14.2 Å². The molecule has 0 fully saturated rings. The zero-order chi connectivity index (χ0) is 14.2. The Hall–Kier alpha value is -0.840. The normalized spacial score (nSPS) is 18.6. The molecule has 0 N–H and O–H groups in total. The first-order chi connectivity index (χ1) is 8.86. The van der Waals surface area contributed by atoms with Crippen LogP contribution in [-0.4, -0.2) is 24.0 Å². The summed E-state index contributed by atoms with van der Waals surface area (Å²) in [6.07, 6.45) is -0.860. The molecule has 1 aliphatic rings. The Morgan fingerprint density at radius 3 is 2.32 bits per heavy atom. The number of cyclic esters (lactones) is 1. The maximum absolute atomic E-state index is 11.6. The third-order valence-electron chi connectivity index (χ3n) is 2.81. The molecule has 0 bridgehead atoms. The van der Waals surface area contributed by atoms with E-state index in [0.717, 1.165) is 0 Å². The highest BCUT2D eigenvalue weighted by Gasteiger charge is 2.42. The van der Waals surface area contributed by atoms with Crippen molar-refractivity contribution in [2.24, 2.45) is 0 Å². The van der Waals surface area contributed by atoms with Gasteiger partial charge in [-0.05, 0) is 17.7 Å². The minimum absolute atomic E-state index is 0.104. The largest absolute Gasteiger partial charge is 0.493 e.